The van der Waals surface area contributed by atoms with Gasteiger partial charge >= 0.3 is 0 Å². The summed E-state index contributed by atoms with van der Waals surface area (Å²) in [5.41, 5.74) is 2.99. The molecular weight excluding hydrogens is 481 g/mol. The summed E-state index contributed by atoms with van der Waals surface area (Å²) in [6.07, 6.45) is 1.12. The first-order chi connectivity index (χ1) is 18.5. The summed E-state index contributed by atoms with van der Waals surface area (Å²) in [5, 5.41) is 0. The highest BCUT2D eigenvalue weighted by atomic mass is 19.1. The molecule has 2 atom stereocenters. The molecule has 1 fully saturated rings. The van der Waals surface area contributed by atoms with Gasteiger partial charge < -0.3 is 19.4 Å². The number of quaternary nitrogens is 1. The number of piperazine rings is 1. The lowest BCUT2D eigenvalue weighted by molar-refractivity contribution is -0.904. The third-order valence-corrected chi connectivity index (χ3v) is 7.81. The number of nitrogens with one attached hydrogen (secondary N) is 1. The van der Waals surface area contributed by atoms with Crippen LogP contribution in [0.5, 0.6) is 5.75 Å². The summed E-state index contributed by atoms with van der Waals surface area (Å²) in [6.45, 7) is 6.83. The number of hydrogen-bond donors (Lipinski definition) is 1. The summed E-state index contributed by atoms with van der Waals surface area (Å²) < 4.78 is 19.0. The van der Waals surface area contributed by atoms with E-state index >= 15 is 0 Å². The second kappa shape index (κ2) is 11.4. The molecule has 5 rings (SSSR count). The zero-order valence-corrected chi connectivity index (χ0v) is 22.0. The lowest BCUT2D eigenvalue weighted by Gasteiger charge is -2.44. The molecule has 1 saturated heterocycles. The summed E-state index contributed by atoms with van der Waals surface area (Å²) in [4.78, 5) is 33.6. The zero-order valence-electron chi connectivity index (χ0n) is 22.0. The molecule has 0 aliphatic carbocycles. The van der Waals surface area contributed by atoms with Gasteiger partial charge in [0.2, 0.25) is 5.91 Å². The fourth-order valence-corrected chi connectivity index (χ4v) is 5.84. The number of carbonyl (C=O) groups excluding carboxylic acids is 2. The van der Waals surface area contributed by atoms with E-state index in [0.29, 0.717) is 24.4 Å². The fourth-order valence-electron chi connectivity index (χ4n) is 5.84. The number of fused-ring (bicyclic) bond motifs is 1. The number of carbonyl (C=O) groups is 2. The molecule has 0 spiro atoms. The Morgan fingerprint density at radius 2 is 1.68 bits per heavy atom. The molecule has 198 valence electrons. The van der Waals surface area contributed by atoms with Gasteiger partial charge in [0.15, 0.2) is 0 Å². The molecule has 6 nitrogen and oxygen atoms in total. The Labute approximate surface area is 223 Å². The van der Waals surface area contributed by atoms with Crippen LogP contribution in [0, 0.1) is 5.82 Å². The highest BCUT2D eigenvalue weighted by Crippen LogP contribution is 2.44. The predicted molar refractivity (Wildman–Crippen MR) is 144 cm³/mol. The van der Waals surface area contributed by atoms with Gasteiger partial charge in [-0.05, 0) is 53.4 Å². The Balaban J connectivity index is 1.57. The average molecular weight is 517 g/mol. The van der Waals surface area contributed by atoms with Crippen molar-refractivity contribution in [1.82, 2.24) is 9.80 Å². The molecule has 2 amide bonds. The van der Waals surface area contributed by atoms with Gasteiger partial charge in [-0.2, -0.15) is 0 Å². The first kappa shape index (κ1) is 25.9. The Morgan fingerprint density at radius 1 is 1.00 bits per heavy atom. The maximum absolute atomic E-state index is 14.3. The van der Waals surface area contributed by atoms with E-state index < -0.39 is 12.0 Å². The van der Waals surface area contributed by atoms with Crippen molar-refractivity contribution in [2.45, 2.75) is 31.8 Å². The summed E-state index contributed by atoms with van der Waals surface area (Å²) in [7, 11) is 1.61. The normalized spacial score (nSPS) is 19.8. The Bertz CT molecular complexity index is 1270. The van der Waals surface area contributed by atoms with E-state index in [-0.39, 0.29) is 24.2 Å². The Kier molecular flexibility index (Phi) is 7.74. The lowest BCUT2D eigenvalue weighted by Crippen LogP contribution is -3.14. The molecule has 3 aromatic rings. The average Bonchev–Trinajstić information content (AvgIpc) is 2.96. The second-order valence-electron chi connectivity index (χ2n) is 10.2. The van der Waals surface area contributed by atoms with Crippen molar-refractivity contribution in [3.05, 3.63) is 101 Å². The van der Waals surface area contributed by atoms with Crippen LogP contribution < -0.4 is 9.64 Å². The van der Waals surface area contributed by atoms with E-state index in [9.17, 15) is 14.0 Å². The summed E-state index contributed by atoms with van der Waals surface area (Å²) >= 11 is 0. The summed E-state index contributed by atoms with van der Waals surface area (Å²) in [5.74, 6) is -0.254. The van der Waals surface area contributed by atoms with E-state index in [0.717, 1.165) is 42.7 Å². The third kappa shape index (κ3) is 5.16. The molecule has 38 heavy (non-hydrogen) atoms. The molecule has 0 aromatic heterocycles. The van der Waals surface area contributed by atoms with Gasteiger partial charge in [-0.25, -0.2) is 4.39 Å². The van der Waals surface area contributed by atoms with Crippen LogP contribution in [0.25, 0.3) is 0 Å². The first-order valence-electron chi connectivity index (χ1n) is 13.4. The molecule has 1 N–H and O–H groups in total. The smallest absolute Gasteiger partial charge is 0.255 e. The molecule has 3 aromatic carbocycles. The molecule has 0 bridgehead atoms. The van der Waals surface area contributed by atoms with Gasteiger partial charge in [0.05, 0.1) is 51.8 Å². The van der Waals surface area contributed by atoms with E-state index in [2.05, 4.69) is 6.92 Å². The van der Waals surface area contributed by atoms with Crippen molar-refractivity contribution in [3.8, 4) is 5.75 Å². The van der Waals surface area contributed by atoms with Gasteiger partial charge in [-0.1, -0.05) is 49.4 Å². The highest BCUT2D eigenvalue weighted by molar-refractivity contribution is 6.01. The van der Waals surface area contributed by atoms with Crippen molar-refractivity contribution in [2.75, 3.05) is 39.8 Å². The van der Waals surface area contributed by atoms with Crippen molar-refractivity contribution in [1.29, 1.82) is 0 Å². The standard InChI is InChI=1S/C31H34FN3O3/c1-3-16-33-17-19-34(20-18-33)31(37)28-26-6-4-5-7-27(26)30(36)35(21-22-8-12-24(32)13-9-22)29(28)23-10-14-25(38-2)15-11-23/h4-15,28-29H,3,16-21H2,1-2H3/p+1. The molecule has 7 heteroatoms. The van der Waals surface area contributed by atoms with E-state index in [1.165, 1.54) is 17.0 Å². The number of hydrogen-bond acceptors (Lipinski definition) is 3. The zero-order chi connectivity index (χ0) is 26.6. The molecule has 2 heterocycles. The minimum Gasteiger partial charge on any atom is -0.497 e. The second-order valence-corrected chi connectivity index (χ2v) is 10.2. The fraction of sp³-hybridized carbons (Fsp3) is 0.355. The molecule has 0 saturated carbocycles. The highest BCUT2D eigenvalue weighted by Gasteiger charge is 2.46. The Morgan fingerprint density at radius 3 is 2.34 bits per heavy atom. The molecule has 2 aliphatic rings. The van der Waals surface area contributed by atoms with Crippen LogP contribution in [0.2, 0.25) is 0 Å². The number of rotatable bonds is 7. The van der Waals surface area contributed by atoms with Gasteiger partial charge in [0, 0.05) is 12.1 Å². The molecular formula is C31H35FN3O3+. The van der Waals surface area contributed by atoms with Crippen molar-refractivity contribution < 1.29 is 23.6 Å². The van der Waals surface area contributed by atoms with Crippen LogP contribution in [0.3, 0.4) is 0 Å². The minimum atomic E-state index is -0.550. The van der Waals surface area contributed by atoms with Crippen molar-refractivity contribution >= 4 is 11.8 Å². The lowest BCUT2D eigenvalue weighted by atomic mass is 9.78. The topological polar surface area (TPSA) is 54.3 Å². The van der Waals surface area contributed by atoms with Crippen molar-refractivity contribution in [2.24, 2.45) is 0 Å². The third-order valence-electron chi connectivity index (χ3n) is 7.81. The van der Waals surface area contributed by atoms with Crippen LogP contribution >= 0.6 is 0 Å². The summed E-state index contributed by atoms with van der Waals surface area (Å²) in [6, 6.07) is 20.8. The number of methoxy groups -OCH3 is 1. The molecule has 2 aliphatic heterocycles. The van der Waals surface area contributed by atoms with E-state index in [1.54, 1.807) is 24.1 Å². The van der Waals surface area contributed by atoms with Gasteiger partial charge in [0.1, 0.15) is 11.6 Å². The van der Waals surface area contributed by atoms with E-state index in [4.69, 9.17) is 4.74 Å². The number of ether oxygens (including phenoxy) is 1. The number of halogens is 1. The van der Waals surface area contributed by atoms with Gasteiger partial charge in [-0.3, -0.25) is 9.59 Å². The van der Waals surface area contributed by atoms with Crippen molar-refractivity contribution in [3.63, 3.8) is 0 Å². The first-order valence-corrected chi connectivity index (χ1v) is 13.4. The maximum Gasteiger partial charge on any atom is 0.255 e. The molecule has 0 radical (unpaired) electrons. The van der Waals surface area contributed by atoms with Crippen LogP contribution in [0.4, 0.5) is 4.39 Å². The van der Waals surface area contributed by atoms with Gasteiger partial charge in [-0.15, -0.1) is 0 Å². The quantitative estimate of drug-likeness (QED) is 0.524. The van der Waals surface area contributed by atoms with Crippen LogP contribution in [0.15, 0.2) is 72.8 Å². The maximum atomic E-state index is 14.3. The number of nitrogens with zero attached hydrogens (tertiary/aromatic N) is 2. The van der Waals surface area contributed by atoms with Gasteiger partial charge in [0.25, 0.3) is 5.91 Å². The number of benzene rings is 3. The van der Waals surface area contributed by atoms with Crippen LogP contribution in [-0.4, -0.2) is 61.4 Å². The van der Waals surface area contributed by atoms with E-state index in [1.807, 2.05) is 53.4 Å². The predicted octanol–water partition coefficient (Wildman–Crippen LogP) is 3.45. The monoisotopic (exact) mass is 516 g/mol. The SMILES string of the molecule is CCC[NH+]1CCN(C(=O)C2c3ccccc3C(=O)N(Cc3ccc(F)cc3)C2c2ccc(OC)cc2)CC1. The minimum absolute atomic E-state index is 0.0467. The van der Waals surface area contributed by atoms with Crippen LogP contribution in [-0.2, 0) is 11.3 Å². The largest absolute Gasteiger partial charge is 0.497 e. The van der Waals surface area contributed by atoms with Crippen LogP contribution in [0.1, 0.15) is 52.4 Å². The number of amides is 2. The molecule has 2 unspecified atom stereocenters. The Hall–Kier alpha value is -3.71.